The van der Waals surface area contributed by atoms with E-state index in [0.717, 1.165) is 35.7 Å². The van der Waals surface area contributed by atoms with Crippen LogP contribution in [-0.4, -0.2) is 52.3 Å². The highest BCUT2D eigenvalue weighted by atomic mass is 35.5. The van der Waals surface area contributed by atoms with Crippen molar-refractivity contribution in [3.63, 3.8) is 0 Å². The zero-order valence-corrected chi connectivity index (χ0v) is 23.6. The summed E-state index contributed by atoms with van der Waals surface area (Å²) in [6, 6.07) is 15.5. The second kappa shape index (κ2) is 11.0. The van der Waals surface area contributed by atoms with Gasteiger partial charge in [0.05, 0.1) is 11.6 Å². The van der Waals surface area contributed by atoms with E-state index in [1.165, 1.54) is 11.1 Å². The van der Waals surface area contributed by atoms with E-state index < -0.39 is 11.6 Å². The number of para-hydroxylation sites is 1. The molecular weight excluding hydrogens is 514 g/mol. The molecule has 5 rings (SSSR count). The molecule has 9 heteroatoms. The molecule has 208 valence electrons. The number of likely N-dealkylation sites (tertiary alicyclic amines) is 1. The van der Waals surface area contributed by atoms with E-state index >= 15 is 0 Å². The first-order valence-electron chi connectivity index (χ1n) is 13.4. The van der Waals surface area contributed by atoms with Crippen molar-refractivity contribution in [1.82, 2.24) is 20.5 Å². The number of hydrogen-bond acceptors (Lipinski definition) is 4. The number of H-pyrrole nitrogens is 1. The number of carbonyl (C=O) groups excluding carboxylic acids is 3. The molecule has 2 aromatic carbocycles. The Labute approximate surface area is 235 Å². The number of aromatic amines is 1. The third kappa shape index (κ3) is 5.68. The zero-order chi connectivity index (χ0) is 27.1. The Bertz CT molecular complexity index is 1370. The monoisotopic (exact) mass is 551 g/mol. The van der Waals surface area contributed by atoms with Crippen molar-refractivity contribution in [1.29, 1.82) is 0 Å². The van der Waals surface area contributed by atoms with Crippen LogP contribution in [0.2, 0.25) is 0 Å². The molecule has 1 aromatic heterocycles. The predicted octanol–water partition coefficient (Wildman–Crippen LogP) is 3.50. The largest absolute Gasteiger partial charge is 0.361 e. The van der Waals surface area contributed by atoms with Gasteiger partial charge in [-0.1, -0.05) is 42.5 Å². The fourth-order valence-electron chi connectivity index (χ4n) is 6.18. The van der Waals surface area contributed by atoms with Crippen molar-refractivity contribution in [2.24, 2.45) is 5.73 Å². The lowest BCUT2D eigenvalue weighted by Crippen LogP contribution is -2.58. The van der Waals surface area contributed by atoms with Crippen molar-refractivity contribution >= 4 is 41.0 Å². The molecule has 2 aliphatic rings. The number of aromatic nitrogens is 1. The van der Waals surface area contributed by atoms with Gasteiger partial charge in [-0.2, -0.15) is 0 Å². The van der Waals surface area contributed by atoms with Crippen molar-refractivity contribution in [2.75, 3.05) is 13.1 Å². The van der Waals surface area contributed by atoms with Crippen molar-refractivity contribution in [2.45, 2.75) is 69.5 Å². The number of halogens is 1. The second-order valence-electron chi connectivity index (χ2n) is 11.5. The zero-order valence-electron chi connectivity index (χ0n) is 22.8. The van der Waals surface area contributed by atoms with Gasteiger partial charge < -0.3 is 26.3 Å². The summed E-state index contributed by atoms with van der Waals surface area (Å²) >= 11 is 0. The van der Waals surface area contributed by atoms with Crippen LogP contribution in [0.5, 0.6) is 0 Å². The number of fused-ring (bicyclic) bond motifs is 3. The second-order valence-corrected chi connectivity index (χ2v) is 11.5. The standard InChI is InChI=1S/C30H37N5O3.ClH/c1-19(36)33-26-17-30(23-10-6-4-9-22(23)26)12-14-35(15-13-30)27(37)25(34-28(38)29(2,3)31)16-20-18-32-24-11-7-5-8-21(20)24;/h4-11,18,25-26,32H,12-17,31H2,1-3H3,(H,33,36)(H,34,38);1H/t25-,26?;/m1./s1. The maximum atomic E-state index is 13.9. The fraction of sp³-hybridized carbons (Fsp3) is 0.433. The van der Waals surface area contributed by atoms with Gasteiger partial charge in [0.15, 0.2) is 0 Å². The molecule has 2 heterocycles. The number of nitrogens with zero attached hydrogens (tertiary/aromatic N) is 1. The summed E-state index contributed by atoms with van der Waals surface area (Å²) < 4.78 is 0. The normalized spacial score (nSPS) is 18.8. The molecule has 2 atom stereocenters. The molecule has 0 saturated carbocycles. The van der Waals surface area contributed by atoms with Gasteiger partial charge in [-0.3, -0.25) is 14.4 Å². The average molecular weight is 552 g/mol. The Balaban J connectivity index is 0.00000353. The molecule has 8 nitrogen and oxygen atoms in total. The third-order valence-electron chi connectivity index (χ3n) is 8.20. The lowest BCUT2D eigenvalue weighted by molar-refractivity contribution is -0.138. The minimum absolute atomic E-state index is 0. The summed E-state index contributed by atoms with van der Waals surface area (Å²) in [6.45, 7) is 6.02. The molecule has 1 aliphatic carbocycles. The molecule has 3 amide bonds. The minimum atomic E-state index is -1.10. The van der Waals surface area contributed by atoms with Gasteiger partial charge in [0, 0.05) is 48.9 Å². The molecule has 1 unspecified atom stereocenters. The van der Waals surface area contributed by atoms with Gasteiger partial charge in [0.2, 0.25) is 17.7 Å². The number of rotatable bonds is 6. The quantitative estimate of drug-likeness (QED) is 0.375. The summed E-state index contributed by atoms with van der Waals surface area (Å²) in [5.41, 5.74) is 9.32. The van der Waals surface area contributed by atoms with E-state index in [9.17, 15) is 14.4 Å². The van der Waals surface area contributed by atoms with E-state index in [4.69, 9.17) is 5.73 Å². The molecule has 1 saturated heterocycles. The molecular formula is C30H38ClN5O3. The van der Waals surface area contributed by atoms with E-state index in [-0.39, 0.29) is 41.6 Å². The summed E-state index contributed by atoms with van der Waals surface area (Å²) in [4.78, 5) is 43.8. The first-order chi connectivity index (χ1) is 18.1. The Morgan fingerprint density at radius 2 is 1.77 bits per heavy atom. The molecule has 39 heavy (non-hydrogen) atoms. The molecule has 5 N–H and O–H groups in total. The van der Waals surface area contributed by atoms with Crippen LogP contribution in [-0.2, 0) is 26.2 Å². The van der Waals surface area contributed by atoms with Gasteiger partial charge in [-0.15, -0.1) is 12.4 Å². The van der Waals surface area contributed by atoms with Gasteiger partial charge in [0.25, 0.3) is 0 Å². The lowest BCUT2D eigenvalue weighted by Gasteiger charge is -2.41. The highest BCUT2D eigenvalue weighted by Crippen LogP contribution is 2.50. The van der Waals surface area contributed by atoms with Crippen LogP contribution in [0, 0.1) is 0 Å². The van der Waals surface area contributed by atoms with Crippen molar-refractivity contribution < 1.29 is 14.4 Å². The minimum Gasteiger partial charge on any atom is -0.361 e. The van der Waals surface area contributed by atoms with Crippen LogP contribution >= 0.6 is 12.4 Å². The van der Waals surface area contributed by atoms with Crippen LogP contribution < -0.4 is 16.4 Å². The van der Waals surface area contributed by atoms with Crippen LogP contribution in [0.25, 0.3) is 10.9 Å². The van der Waals surface area contributed by atoms with E-state index in [1.807, 2.05) is 41.4 Å². The number of hydrogen-bond donors (Lipinski definition) is 4. The predicted molar refractivity (Wildman–Crippen MR) is 155 cm³/mol. The van der Waals surface area contributed by atoms with Crippen LogP contribution in [0.3, 0.4) is 0 Å². The summed E-state index contributed by atoms with van der Waals surface area (Å²) in [7, 11) is 0. The summed E-state index contributed by atoms with van der Waals surface area (Å²) in [5.74, 6) is -0.479. The average Bonchev–Trinajstić information content (AvgIpc) is 3.42. The SMILES string of the molecule is CC(=O)NC1CC2(CCN(C(=O)[C@@H](Cc3c[nH]c4ccccc34)NC(=O)C(C)(C)N)CC2)c2ccccc21.Cl. The van der Waals surface area contributed by atoms with Gasteiger partial charge in [0.1, 0.15) is 6.04 Å². The number of piperidine rings is 1. The lowest BCUT2D eigenvalue weighted by atomic mass is 9.73. The number of amides is 3. The van der Waals surface area contributed by atoms with Crippen LogP contribution in [0.15, 0.2) is 54.7 Å². The number of nitrogens with one attached hydrogen (secondary N) is 3. The topological polar surface area (TPSA) is 120 Å². The molecule has 1 fully saturated rings. The maximum Gasteiger partial charge on any atom is 0.245 e. The van der Waals surface area contributed by atoms with Crippen molar-refractivity contribution in [3.05, 3.63) is 71.4 Å². The third-order valence-corrected chi connectivity index (χ3v) is 8.20. The Morgan fingerprint density at radius 1 is 1.10 bits per heavy atom. The van der Waals surface area contributed by atoms with E-state index in [2.05, 4.69) is 33.8 Å². The first-order valence-corrected chi connectivity index (χ1v) is 13.4. The maximum absolute atomic E-state index is 13.9. The van der Waals surface area contributed by atoms with Gasteiger partial charge in [-0.25, -0.2) is 0 Å². The Hall–Kier alpha value is -3.36. The van der Waals surface area contributed by atoms with Gasteiger partial charge >= 0.3 is 0 Å². The number of carbonyl (C=O) groups is 3. The highest BCUT2D eigenvalue weighted by molar-refractivity contribution is 5.92. The van der Waals surface area contributed by atoms with Crippen LogP contribution in [0.1, 0.15) is 62.8 Å². The van der Waals surface area contributed by atoms with Crippen molar-refractivity contribution in [3.8, 4) is 0 Å². The van der Waals surface area contributed by atoms with E-state index in [0.29, 0.717) is 19.5 Å². The Kier molecular flexibility index (Phi) is 8.09. The number of benzene rings is 2. The van der Waals surface area contributed by atoms with Crippen LogP contribution in [0.4, 0.5) is 0 Å². The molecule has 1 aliphatic heterocycles. The van der Waals surface area contributed by atoms with E-state index in [1.54, 1.807) is 20.8 Å². The molecule has 0 bridgehead atoms. The fourth-order valence-corrected chi connectivity index (χ4v) is 6.18. The molecule has 3 aromatic rings. The number of nitrogens with two attached hydrogens (primary N) is 1. The molecule has 1 spiro atoms. The smallest absolute Gasteiger partial charge is 0.245 e. The first kappa shape index (κ1) is 28.6. The Morgan fingerprint density at radius 3 is 2.46 bits per heavy atom. The highest BCUT2D eigenvalue weighted by Gasteiger charge is 2.46. The summed E-state index contributed by atoms with van der Waals surface area (Å²) in [6.07, 6.45) is 4.74. The molecule has 0 radical (unpaired) electrons. The van der Waals surface area contributed by atoms with Gasteiger partial charge in [-0.05, 0) is 55.9 Å². The summed E-state index contributed by atoms with van der Waals surface area (Å²) in [5, 5.41) is 7.10.